The Labute approximate surface area is 213 Å². The fourth-order valence-corrected chi connectivity index (χ4v) is 5.70. The molecule has 3 aromatic carbocycles. The Hall–Kier alpha value is -3.77. The molecule has 180 valence electrons. The first kappa shape index (κ1) is 22.7. The van der Waals surface area contributed by atoms with Gasteiger partial charge in [0.2, 0.25) is 5.91 Å². The number of hydrogen-bond donors (Lipinski definition) is 0. The molecule has 0 unspecified atom stereocenters. The Morgan fingerprint density at radius 1 is 0.972 bits per heavy atom. The van der Waals surface area contributed by atoms with Gasteiger partial charge in [-0.25, -0.2) is 9.37 Å². The quantitative estimate of drug-likeness (QED) is 0.244. The number of thiazole rings is 1. The monoisotopic (exact) mass is 495 g/mol. The molecule has 1 fully saturated rings. The first-order valence-corrected chi connectivity index (χ1v) is 13.2. The zero-order valence-electron chi connectivity index (χ0n) is 19.8. The Bertz CT molecular complexity index is 1430. The lowest BCUT2D eigenvalue weighted by atomic mass is 9.90. The van der Waals surface area contributed by atoms with Gasteiger partial charge in [-0.15, -0.1) is 11.3 Å². The molecular weight excluding hydrogens is 469 g/mol. The molecule has 0 aliphatic heterocycles. The van der Waals surface area contributed by atoms with Gasteiger partial charge in [0, 0.05) is 41.8 Å². The molecule has 0 atom stereocenters. The summed E-state index contributed by atoms with van der Waals surface area (Å²) in [7, 11) is 0. The van der Waals surface area contributed by atoms with Crippen LogP contribution < -0.4 is 0 Å². The van der Waals surface area contributed by atoms with E-state index in [9.17, 15) is 9.18 Å². The van der Waals surface area contributed by atoms with Gasteiger partial charge < -0.3 is 4.90 Å². The summed E-state index contributed by atoms with van der Waals surface area (Å²) >= 11 is 1.59. The topological polar surface area (TPSA) is 37.6 Å². The van der Waals surface area contributed by atoms with E-state index in [2.05, 4.69) is 14.7 Å². The smallest absolute Gasteiger partial charge is 0.234 e. The molecule has 36 heavy (non-hydrogen) atoms. The lowest BCUT2D eigenvalue weighted by Gasteiger charge is -2.28. The van der Waals surface area contributed by atoms with Crippen molar-refractivity contribution in [3.8, 4) is 11.3 Å². The highest BCUT2D eigenvalue weighted by Gasteiger charge is 2.36. The summed E-state index contributed by atoms with van der Waals surface area (Å²) in [5.41, 5.74) is 4.89. The van der Waals surface area contributed by atoms with Gasteiger partial charge in [0.05, 0.1) is 11.6 Å². The molecule has 1 aliphatic carbocycles. The van der Waals surface area contributed by atoms with Crippen LogP contribution in [-0.2, 0) is 11.2 Å². The Morgan fingerprint density at radius 3 is 2.22 bits per heavy atom. The third-order valence-corrected chi connectivity index (χ3v) is 7.70. The van der Waals surface area contributed by atoms with Gasteiger partial charge in [-0.05, 0) is 48.2 Å². The number of amides is 1. The summed E-state index contributed by atoms with van der Waals surface area (Å²) in [5.74, 6) is -0.401. The third kappa shape index (κ3) is 4.56. The van der Waals surface area contributed by atoms with Crippen molar-refractivity contribution in [2.24, 2.45) is 0 Å². The van der Waals surface area contributed by atoms with Crippen molar-refractivity contribution >= 4 is 22.2 Å². The van der Waals surface area contributed by atoms with Crippen LogP contribution in [0.4, 0.5) is 4.39 Å². The summed E-state index contributed by atoms with van der Waals surface area (Å²) in [6.45, 7) is 0.662. The maximum Gasteiger partial charge on any atom is 0.234 e. The molecule has 0 spiro atoms. The summed E-state index contributed by atoms with van der Waals surface area (Å²) in [6, 6.07) is 26.9. The maximum atomic E-state index is 14.0. The highest BCUT2D eigenvalue weighted by atomic mass is 32.1. The fraction of sp³-hybridized carbons (Fsp3) is 0.200. The zero-order chi connectivity index (χ0) is 24.5. The second kappa shape index (κ2) is 9.70. The highest BCUT2D eigenvalue weighted by Crippen LogP contribution is 2.34. The second-order valence-corrected chi connectivity index (χ2v) is 10.1. The molecule has 6 rings (SSSR count). The number of nitrogens with zero attached hydrogens (tertiary/aromatic N) is 3. The first-order chi connectivity index (χ1) is 17.7. The van der Waals surface area contributed by atoms with Crippen molar-refractivity contribution in [2.45, 2.75) is 31.2 Å². The minimum absolute atomic E-state index is 0.166. The molecule has 1 saturated carbocycles. The van der Waals surface area contributed by atoms with E-state index < -0.39 is 0 Å². The van der Waals surface area contributed by atoms with Crippen molar-refractivity contribution in [3.05, 3.63) is 119 Å². The average molecular weight is 496 g/mol. The minimum atomic E-state index is -0.311. The Kier molecular flexibility index (Phi) is 6.11. The molecule has 1 aliphatic rings. The Balaban J connectivity index is 1.26. The molecule has 5 aromatic rings. The van der Waals surface area contributed by atoms with Gasteiger partial charge in [0.15, 0.2) is 4.96 Å². The summed E-state index contributed by atoms with van der Waals surface area (Å²) in [5, 5.41) is 2.12. The molecule has 0 radical (unpaired) electrons. The third-order valence-electron chi connectivity index (χ3n) is 6.82. The first-order valence-electron chi connectivity index (χ1n) is 12.3. The molecule has 2 heterocycles. The molecule has 1 amide bonds. The number of hydrogen-bond acceptors (Lipinski definition) is 3. The largest absolute Gasteiger partial charge is 0.339 e. The van der Waals surface area contributed by atoms with E-state index in [1.54, 1.807) is 23.5 Å². The average Bonchev–Trinajstić information content (AvgIpc) is 3.55. The minimum Gasteiger partial charge on any atom is -0.339 e. The van der Waals surface area contributed by atoms with E-state index >= 15 is 0 Å². The van der Waals surface area contributed by atoms with Gasteiger partial charge in [0.25, 0.3) is 0 Å². The molecule has 0 N–H and O–H groups in total. The molecular formula is C30H26FN3OS. The molecule has 4 nitrogen and oxygen atoms in total. The summed E-state index contributed by atoms with van der Waals surface area (Å²) in [4.78, 5) is 21.8. The van der Waals surface area contributed by atoms with Crippen LogP contribution in [0.3, 0.4) is 0 Å². The maximum absolute atomic E-state index is 14.0. The van der Waals surface area contributed by atoms with E-state index in [4.69, 9.17) is 4.98 Å². The number of carbonyl (C=O) groups is 1. The van der Waals surface area contributed by atoms with Crippen LogP contribution in [0.5, 0.6) is 0 Å². The number of fused-ring (bicyclic) bond motifs is 1. The molecule has 0 bridgehead atoms. The van der Waals surface area contributed by atoms with E-state index in [1.165, 1.54) is 12.1 Å². The van der Waals surface area contributed by atoms with Crippen LogP contribution in [0.1, 0.15) is 35.6 Å². The van der Waals surface area contributed by atoms with Gasteiger partial charge in [0.1, 0.15) is 5.82 Å². The SMILES string of the molecule is O=C(C(c1ccccc1)c1ccccc1)N(CCc1csc2nc(-c3ccc(F)cc3)cn12)C1CC1. The van der Waals surface area contributed by atoms with Crippen LogP contribution in [0.15, 0.2) is 96.5 Å². The summed E-state index contributed by atoms with van der Waals surface area (Å²) < 4.78 is 15.4. The number of halogens is 1. The van der Waals surface area contributed by atoms with Crippen molar-refractivity contribution in [2.75, 3.05) is 6.54 Å². The van der Waals surface area contributed by atoms with Crippen LogP contribution in [0.2, 0.25) is 0 Å². The number of aromatic nitrogens is 2. The van der Waals surface area contributed by atoms with E-state index in [0.717, 1.165) is 52.3 Å². The second-order valence-electron chi connectivity index (χ2n) is 9.28. The molecule has 6 heteroatoms. The van der Waals surface area contributed by atoms with Crippen molar-refractivity contribution in [1.82, 2.24) is 14.3 Å². The predicted molar refractivity (Wildman–Crippen MR) is 142 cm³/mol. The van der Waals surface area contributed by atoms with Crippen LogP contribution in [0.25, 0.3) is 16.2 Å². The number of rotatable bonds is 8. The number of carbonyl (C=O) groups excluding carboxylic acids is 1. The number of benzene rings is 3. The lowest BCUT2D eigenvalue weighted by Crippen LogP contribution is -2.39. The highest BCUT2D eigenvalue weighted by molar-refractivity contribution is 7.15. The van der Waals surface area contributed by atoms with Crippen molar-refractivity contribution in [3.63, 3.8) is 0 Å². The van der Waals surface area contributed by atoms with E-state index in [0.29, 0.717) is 12.6 Å². The lowest BCUT2D eigenvalue weighted by molar-refractivity contribution is -0.132. The molecule has 0 saturated heterocycles. The van der Waals surface area contributed by atoms with E-state index in [-0.39, 0.29) is 17.6 Å². The normalized spacial score (nSPS) is 13.4. The van der Waals surface area contributed by atoms with Crippen LogP contribution in [-0.4, -0.2) is 32.8 Å². The Morgan fingerprint density at radius 2 is 1.61 bits per heavy atom. The summed E-state index contributed by atoms with van der Waals surface area (Å²) in [6.07, 6.45) is 4.87. The van der Waals surface area contributed by atoms with E-state index in [1.807, 2.05) is 66.9 Å². The van der Waals surface area contributed by atoms with Crippen molar-refractivity contribution < 1.29 is 9.18 Å². The van der Waals surface area contributed by atoms with Gasteiger partial charge in [-0.1, -0.05) is 60.7 Å². The predicted octanol–water partition coefficient (Wildman–Crippen LogP) is 6.57. The fourth-order valence-electron chi connectivity index (χ4n) is 4.80. The van der Waals surface area contributed by atoms with Gasteiger partial charge in [-0.3, -0.25) is 9.20 Å². The standard InChI is InChI=1S/C30H26FN3OS/c31-24-13-11-21(12-14-24)27-19-34-26(20-36-30(34)32-27)17-18-33(25-15-16-25)29(35)28(22-7-3-1-4-8-22)23-9-5-2-6-10-23/h1-14,19-20,25,28H,15-18H2. The zero-order valence-corrected chi connectivity index (χ0v) is 20.6. The number of imidazole rings is 1. The van der Waals surface area contributed by atoms with Gasteiger partial charge in [-0.2, -0.15) is 0 Å². The molecule has 2 aromatic heterocycles. The van der Waals surface area contributed by atoms with Crippen LogP contribution in [0, 0.1) is 5.82 Å². The van der Waals surface area contributed by atoms with Crippen LogP contribution >= 0.6 is 11.3 Å². The van der Waals surface area contributed by atoms with Gasteiger partial charge >= 0.3 is 0 Å². The van der Waals surface area contributed by atoms with Crippen molar-refractivity contribution in [1.29, 1.82) is 0 Å².